The smallest absolute Gasteiger partial charge is 0.179 e. The summed E-state index contributed by atoms with van der Waals surface area (Å²) in [5.41, 5.74) is 8.87. The SMILES string of the molecule is NC1CCCCc2nc(-c3ncccc3Cl)ncc21. The number of nitrogens with two attached hydrogens (primary N) is 1. The Labute approximate surface area is 117 Å². The van der Waals surface area contributed by atoms with Crippen molar-refractivity contribution in [3.05, 3.63) is 40.8 Å². The van der Waals surface area contributed by atoms with Gasteiger partial charge in [-0.1, -0.05) is 18.0 Å². The van der Waals surface area contributed by atoms with Crippen molar-refractivity contribution >= 4 is 11.6 Å². The molecule has 0 bridgehead atoms. The highest BCUT2D eigenvalue weighted by atomic mass is 35.5. The summed E-state index contributed by atoms with van der Waals surface area (Å²) in [6, 6.07) is 3.64. The molecule has 0 aliphatic heterocycles. The van der Waals surface area contributed by atoms with E-state index in [9.17, 15) is 0 Å². The number of rotatable bonds is 1. The summed E-state index contributed by atoms with van der Waals surface area (Å²) in [4.78, 5) is 13.2. The van der Waals surface area contributed by atoms with Gasteiger partial charge in [0.2, 0.25) is 0 Å². The molecule has 98 valence electrons. The molecule has 1 aliphatic carbocycles. The lowest BCUT2D eigenvalue weighted by molar-refractivity contribution is 0.614. The van der Waals surface area contributed by atoms with E-state index in [2.05, 4.69) is 15.0 Å². The molecule has 2 aromatic rings. The number of fused-ring (bicyclic) bond motifs is 1. The Bertz CT molecular complexity index is 600. The zero-order valence-corrected chi connectivity index (χ0v) is 11.3. The number of aryl methyl sites for hydroxylation is 1. The predicted molar refractivity (Wildman–Crippen MR) is 74.8 cm³/mol. The minimum atomic E-state index is 0.0470. The van der Waals surface area contributed by atoms with Crippen LogP contribution < -0.4 is 5.73 Å². The maximum Gasteiger partial charge on any atom is 0.179 e. The number of hydrogen-bond acceptors (Lipinski definition) is 4. The molecule has 1 aliphatic rings. The van der Waals surface area contributed by atoms with Crippen molar-refractivity contribution in [3.8, 4) is 11.5 Å². The van der Waals surface area contributed by atoms with Gasteiger partial charge in [0.05, 0.1) is 5.02 Å². The van der Waals surface area contributed by atoms with Crippen molar-refractivity contribution in [1.29, 1.82) is 0 Å². The van der Waals surface area contributed by atoms with Crippen LogP contribution in [0.4, 0.5) is 0 Å². The van der Waals surface area contributed by atoms with Crippen LogP contribution in [0.25, 0.3) is 11.5 Å². The monoisotopic (exact) mass is 274 g/mol. The first kappa shape index (κ1) is 12.5. The number of nitrogens with zero attached hydrogens (tertiary/aromatic N) is 3. The summed E-state index contributed by atoms with van der Waals surface area (Å²) >= 11 is 6.14. The van der Waals surface area contributed by atoms with E-state index in [-0.39, 0.29) is 6.04 Å². The second-order valence-electron chi connectivity index (χ2n) is 4.78. The molecule has 1 atom stereocenters. The third-order valence-corrected chi connectivity index (χ3v) is 3.75. The Hall–Kier alpha value is -1.52. The molecule has 0 saturated heterocycles. The van der Waals surface area contributed by atoms with E-state index in [1.807, 2.05) is 6.20 Å². The second-order valence-corrected chi connectivity index (χ2v) is 5.19. The molecule has 1 unspecified atom stereocenters. The number of aromatic nitrogens is 3. The molecule has 0 saturated carbocycles. The van der Waals surface area contributed by atoms with Gasteiger partial charge < -0.3 is 5.73 Å². The van der Waals surface area contributed by atoms with E-state index in [1.165, 1.54) is 0 Å². The average molecular weight is 275 g/mol. The average Bonchev–Trinajstić information content (AvgIpc) is 2.61. The summed E-state index contributed by atoms with van der Waals surface area (Å²) in [6.45, 7) is 0. The van der Waals surface area contributed by atoms with Crippen LogP contribution in [0.5, 0.6) is 0 Å². The van der Waals surface area contributed by atoms with Crippen LogP contribution in [0.1, 0.15) is 36.6 Å². The van der Waals surface area contributed by atoms with Gasteiger partial charge in [-0.15, -0.1) is 0 Å². The molecular formula is C14H15ClN4. The van der Waals surface area contributed by atoms with Gasteiger partial charge >= 0.3 is 0 Å². The van der Waals surface area contributed by atoms with E-state index in [4.69, 9.17) is 17.3 Å². The van der Waals surface area contributed by atoms with Gasteiger partial charge in [-0.05, 0) is 31.4 Å². The summed E-state index contributed by atoms with van der Waals surface area (Å²) in [7, 11) is 0. The molecule has 2 aromatic heterocycles. The van der Waals surface area contributed by atoms with Gasteiger partial charge in [0.25, 0.3) is 0 Å². The van der Waals surface area contributed by atoms with Crippen molar-refractivity contribution in [1.82, 2.24) is 15.0 Å². The first-order chi connectivity index (χ1) is 9.25. The van der Waals surface area contributed by atoms with Crippen LogP contribution in [0.15, 0.2) is 24.5 Å². The molecule has 0 aromatic carbocycles. The molecule has 5 heteroatoms. The lowest BCUT2D eigenvalue weighted by Gasteiger charge is -2.12. The molecule has 19 heavy (non-hydrogen) atoms. The van der Waals surface area contributed by atoms with Crippen LogP contribution in [0, 0.1) is 0 Å². The molecule has 3 rings (SSSR count). The zero-order chi connectivity index (χ0) is 13.2. The van der Waals surface area contributed by atoms with Gasteiger partial charge in [0.15, 0.2) is 5.82 Å². The molecule has 0 spiro atoms. The number of halogens is 1. The number of hydrogen-bond donors (Lipinski definition) is 1. The van der Waals surface area contributed by atoms with Crippen molar-refractivity contribution in [2.75, 3.05) is 0 Å². The normalized spacial score (nSPS) is 18.7. The maximum atomic E-state index is 6.14. The molecule has 0 fully saturated rings. The molecule has 2 N–H and O–H groups in total. The lowest BCUT2D eigenvalue weighted by atomic mass is 10.1. The fourth-order valence-corrected chi connectivity index (χ4v) is 2.62. The van der Waals surface area contributed by atoms with E-state index in [0.717, 1.165) is 36.9 Å². The molecular weight excluding hydrogens is 260 g/mol. The Balaban J connectivity index is 2.06. The quantitative estimate of drug-likeness (QED) is 0.812. The van der Waals surface area contributed by atoms with E-state index < -0.39 is 0 Å². The van der Waals surface area contributed by atoms with Gasteiger partial charge in [-0.25, -0.2) is 9.97 Å². The predicted octanol–water partition coefficient (Wildman–Crippen LogP) is 2.92. The van der Waals surface area contributed by atoms with Gasteiger partial charge in [0.1, 0.15) is 5.69 Å². The first-order valence-corrected chi connectivity index (χ1v) is 6.86. The van der Waals surface area contributed by atoms with Crippen LogP contribution >= 0.6 is 11.6 Å². The summed E-state index contributed by atoms with van der Waals surface area (Å²) in [6.07, 6.45) is 7.73. The maximum absolute atomic E-state index is 6.14. The molecule has 0 amide bonds. The fraction of sp³-hybridized carbons (Fsp3) is 0.357. The molecule has 2 heterocycles. The largest absolute Gasteiger partial charge is 0.324 e. The lowest BCUT2D eigenvalue weighted by Crippen LogP contribution is -2.12. The summed E-state index contributed by atoms with van der Waals surface area (Å²) in [5, 5.41) is 0.570. The van der Waals surface area contributed by atoms with Crippen LogP contribution in [0.3, 0.4) is 0 Å². The van der Waals surface area contributed by atoms with Crippen molar-refractivity contribution < 1.29 is 0 Å². The van der Waals surface area contributed by atoms with Crippen LogP contribution in [-0.4, -0.2) is 15.0 Å². The van der Waals surface area contributed by atoms with Crippen molar-refractivity contribution in [2.45, 2.75) is 31.7 Å². The van der Waals surface area contributed by atoms with Crippen LogP contribution in [0.2, 0.25) is 5.02 Å². The fourth-order valence-electron chi connectivity index (χ4n) is 2.41. The third kappa shape index (κ3) is 2.46. The number of pyridine rings is 1. The van der Waals surface area contributed by atoms with E-state index in [0.29, 0.717) is 16.5 Å². The highest BCUT2D eigenvalue weighted by Crippen LogP contribution is 2.28. The van der Waals surface area contributed by atoms with Crippen molar-refractivity contribution in [2.24, 2.45) is 5.73 Å². The molecule has 4 nitrogen and oxygen atoms in total. The Morgan fingerprint density at radius 2 is 2.16 bits per heavy atom. The standard InChI is InChI=1S/C14H15ClN4/c15-10-4-3-7-17-13(10)14-18-8-9-11(16)5-1-2-6-12(9)19-14/h3-4,7-8,11H,1-2,5-6,16H2. The van der Waals surface area contributed by atoms with Gasteiger partial charge in [-0.2, -0.15) is 0 Å². The van der Waals surface area contributed by atoms with E-state index in [1.54, 1.807) is 18.3 Å². The third-order valence-electron chi connectivity index (χ3n) is 3.45. The van der Waals surface area contributed by atoms with E-state index >= 15 is 0 Å². The minimum Gasteiger partial charge on any atom is -0.324 e. The van der Waals surface area contributed by atoms with Gasteiger partial charge in [-0.3, -0.25) is 4.98 Å². The Morgan fingerprint density at radius 1 is 1.26 bits per heavy atom. The Morgan fingerprint density at radius 3 is 3.00 bits per heavy atom. The van der Waals surface area contributed by atoms with Crippen LogP contribution in [-0.2, 0) is 6.42 Å². The summed E-state index contributed by atoms with van der Waals surface area (Å²) in [5.74, 6) is 0.582. The Kier molecular flexibility index (Phi) is 3.44. The molecule has 0 radical (unpaired) electrons. The van der Waals surface area contributed by atoms with Gasteiger partial charge in [0, 0.05) is 29.7 Å². The topological polar surface area (TPSA) is 64.7 Å². The summed E-state index contributed by atoms with van der Waals surface area (Å²) < 4.78 is 0. The first-order valence-electron chi connectivity index (χ1n) is 6.48. The highest BCUT2D eigenvalue weighted by molar-refractivity contribution is 6.32. The second kappa shape index (κ2) is 5.23. The zero-order valence-electron chi connectivity index (χ0n) is 10.5. The minimum absolute atomic E-state index is 0.0470. The van der Waals surface area contributed by atoms with Crippen molar-refractivity contribution in [3.63, 3.8) is 0 Å². The highest BCUT2D eigenvalue weighted by Gasteiger charge is 2.18.